The van der Waals surface area contributed by atoms with Gasteiger partial charge in [-0.3, -0.25) is 19.1 Å². The van der Waals surface area contributed by atoms with Crippen LogP contribution in [0.4, 0.5) is 33.5 Å². The van der Waals surface area contributed by atoms with E-state index < -0.39 is 35.9 Å². The summed E-state index contributed by atoms with van der Waals surface area (Å²) < 4.78 is 61.3. The molecule has 0 saturated carbocycles. The molecular weight excluding hydrogens is 427 g/mol. The summed E-state index contributed by atoms with van der Waals surface area (Å²) in [5, 5.41) is 9.19. The fraction of sp³-hybridized carbons (Fsp3) is 0.222. The fourth-order valence-corrected chi connectivity index (χ4v) is 2.58. The van der Waals surface area contributed by atoms with Crippen LogP contribution in [-0.2, 0) is 22.3 Å². The van der Waals surface area contributed by atoms with Crippen LogP contribution in [0.2, 0.25) is 0 Å². The molecule has 0 aliphatic heterocycles. The molecule has 13 heteroatoms. The number of benzene rings is 1. The molecule has 3 aromatic rings. The Morgan fingerprint density at radius 1 is 1.23 bits per heavy atom. The zero-order valence-electron chi connectivity index (χ0n) is 16.2. The van der Waals surface area contributed by atoms with Gasteiger partial charge in [-0.1, -0.05) is 6.07 Å². The highest BCUT2D eigenvalue weighted by atomic mass is 19.4. The maximum Gasteiger partial charge on any atom is 0.416 e. The van der Waals surface area contributed by atoms with Gasteiger partial charge in [0.05, 0.1) is 41.7 Å². The van der Waals surface area contributed by atoms with E-state index in [0.29, 0.717) is 30.2 Å². The number of hydrogen-bond donors (Lipinski definition) is 3. The largest absolute Gasteiger partial charge is 0.416 e. The molecule has 2 aromatic heterocycles. The average Bonchev–Trinajstić information content (AvgIpc) is 3.22. The van der Waals surface area contributed by atoms with Crippen molar-refractivity contribution in [1.29, 1.82) is 0 Å². The zero-order chi connectivity index (χ0) is 23.3. The SMILES string of the molecule is CF.CN(Cc1ccc(C(F)(F)F)cc1F)C(=O)C(=O)Nc1cnc(N)c2cn[nH]c12. The molecular formula is C18H17F5N6O2. The van der Waals surface area contributed by atoms with Crippen molar-refractivity contribution in [2.45, 2.75) is 12.7 Å². The second-order valence-corrected chi connectivity index (χ2v) is 6.14. The first-order valence-corrected chi connectivity index (χ1v) is 8.45. The standard InChI is InChI=1S/C17H14F4N6O2.CH3F/c1-27(7-8-2-3-9(4-11(8)18)17(19,20)21)16(29)15(28)25-12-6-23-14(22)10-5-24-26-13(10)12;1-2/h2-6H,7H2,1H3,(H2,22,23)(H,24,26)(H,25,28);1H3. The second kappa shape index (κ2) is 9.36. The molecule has 0 aliphatic rings. The maximum atomic E-state index is 14.0. The number of alkyl halides is 4. The van der Waals surface area contributed by atoms with E-state index in [9.17, 15) is 31.5 Å². The number of aromatic amines is 1. The van der Waals surface area contributed by atoms with Crippen LogP contribution in [0.1, 0.15) is 11.1 Å². The lowest BCUT2D eigenvalue weighted by atomic mass is 10.1. The van der Waals surface area contributed by atoms with Crippen molar-refractivity contribution < 1.29 is 31.5 Å². The summed E-state index contributed by atoms with van der Waals surface area (Å²) in [4.78, 5) is 29.2. The maximum absolute atomic E-state index is 14.0. The first-order valence-electron chi connectivity index (χ1n) is 8.45. The van der Waals surface area contributed by atoms with Gasteiger partial charge in [0, 0.05) is 19.2 Å². The summed E-state index contributed by atoms with van der Waals surface area (Å²) in [6.45, 7) is -0.407. The number of likely N-dealkylation sites (N-methyl/N-ethyl adjacent to an activating group) is 1. The topological polar surface area (TPSA) is 117 Å². The zero-order valence-corrected chi connectivity index (χ0v) is 16.2. The van der Waals surface area contributed by atoms with Crippen LogP contribution in [-0.4, -0.2) is 46.1 Å². The molecule has 0 fully saturated rings. The minimum absolute atomic E-state index is 0.152. The van der Waals surface area contributed by atoms with Crippen LogP contribution in [0.15, 0.2) is 30.6 Å². The molecule has 2 heterocycles. The van der Waals surface area contributed by atoms with Gasteiger partial charge in [-0.05, 0) is 12.1 Å². The van der Waals surface area contributed by atoms with E-state index in [1.807, 2.05) is 0 Å². The third-order valence-electron chi connectivity index (χ3n) is 4.09. The number of halogens is 5. The van der Waals surface area contributed by atoms with Gasteiger partial charge in [-0.15, -0.1) is 0 Å². The molecule has 0 aliphatic carbocycles. The number of nitrogen functional groups attached to an aromatic ring is 1. The van der Waals surface area contributed by atoms with E-state index in [1.165, 1.54) is 19.4 Å². The minimum atomic E-state index is -4.69. The highest BCUT2D eigenvalue weighted by molar-refractivity contribution is 6.40. The van der Waals surface area contributed by atoms with Crippen LogP contribution < -0.4 is 11.1 Å². The van der Waals surface area contributed by atoms with E-state index in [4.69, 9.17) is 5.73 Å². The molecule has 0 unspecified atom stereocenters. The first-order chi connectivity index (χ1) is 14.6. The number of amides is 2. The quantitative estimate of drug-likeness (QED) is 0.424. The van der Waals surface area contributed by atoms with Gasteiger partial charge in [0.25, 0.3) is 0 Å². The van der Waals surface area contributed by atoms with Crippen LogP contribution >= 0.6 is 0 Å². The summed E-state index contributed by atoms with van der Waals surface area (Å²) in [6.07, 6.45) is -2.06. The number of fused-ring (bicyclic) bond motifs is 1. The molecule has 1 aromatic carbocycles. The molecule has 31 heavy (non-hydrogen) atoms. The van der Waals surface area contributed by atoms with Gasteiger partial charge < -0.3 is 16.0 Å². The molecule has 4 N–H and O–H groups in total. The van der Waals surface area contributed by atoms with E-state index in [0.717, 1.165) is 11.0 Å². The lowest BCUT2D eigenvalue weighted by Crippen LogP contribution is -2.37. The Hall–Kier alpha value is -3.77. The van der Waals surface area contributed by atoms with Crippen LogP contribution in [0, 0.1) is 5.82 Å². The van der Waals surface area contributed by atoms with Crippen molar-refractivity contribution in [2.24, 2.45) is 0 Å². The first kappa shape index (κ1) is 23.5. The van der Waals surface area contributed by atoms with Crippen LogP contribution in [0.25, 0.3) is 10.9 Å². The predicted molar refractivity (Wildman–Crippen MR) is 102 cm³/mol. The number of rotatable bonds is 3. The Morgan fingerprint density at radius 3 is 2.52 bits per heavy atom. The molecule has 0 bridgehead atoms. The van der Waals surface area contributed by atoms with E-state index in [-0.39, 0.29) is 17.1 Å². The normalized spacial score (nSPS) is 10.9. The molecule has 0 atom stereocenters. The van der Waals surface area contributed by atoms with Crippen molar-refractivity contribution >= 4 is 34.2 Å². The van der Waals surface area contributed by atoms with Crippen molar-refractivity contribution in [3.8, 4) is 0 Å². The number of nitrogens with one attached hydrogen (secondary N) is 2. The van der Waals surface area contributed by atoms with Gasteiger partial charge in [0.15, 0.2) is 0 Å². The number of H-pyrrole nitrogens is 1. The van der Waals surface area contributed by atoms with Gasteiger partial charge in [0.1, 0.15) is 11.6 Å². The Balaban J connectivity index is 0.00000166. The highest BCUT2D eigenvalue weighted by Crippen LogP contribution is 2.30. The van der Waals surface area contributed by atoms with Crippen LogP contribution in [0.3, 0.4) is 0 Å². The lowest BCUT2D eigenvalue weighted by molar-refractivity contribution is -0.142. The second-order valence-electron chi connectivity index (χ2n) is 6.14. The lowest BCUT2D eigenvalue weighted by Gasteiger charge is -2.18. The predicted octanol–water partition coefficient (Wildman–Crippen LogP) is 2.88. The molecule has 166 valence electrons. The molecule has 2 amide bonds. The Morgan fingerprint density at radius 2 is 1.90 bits per heavy atom. The third-order valence-corrected chi connectivity index (χ3v) is 4.09. The monoisotopic (exact) mass is 444 g/mol. The minimum Gasteiger partial charge on any atom is -0.383 e. The number of aromatic nitrogens is 3. The van der Waals surface area contributed by atoms with E-state index >= 15 is 0 Å². The van der Waals surface area contributed by atoms with Crippen molar-refractivity contribution in [3.05, 3.63) is 47.5 Å². The molecule has 0 spiro atoms. The third kappa shape index (κ3) is 5.24. The summed E-state index contributed by atoms with van der Waals surface area (Å²) >= 11 is 0. The number of nitrogens with two attached hydrogens (primary N) is 1. The van der Waals surface area contributed by atoms with Crippen molar-refractivity contribution in [1.82, 2.24) is 20.1 Å². The number of pyridine rings is 1. The number of carbonyl (C=O) groups excluding carboxylic acids is 2. The number of nitrogens with zero attached hydrogens (tertiary/aromatic N) is 3. The van der Waals surface area contributed by atoms with Crippen LogP contribution in [0.5, 0.6) is 0 Å². The molecule has 0 radical (unpaired) electrons. The number of anilines is 2. The van der Waals surface area contributed by atoms with E-state index in [2.05, 4.69) is 20.5 Å². The molecule has 0 saturated heterocycles. The van der Waals surface area contributed by atoms with E-state index in [1.54, 1.807) is 0 Å². The van der Waals surface area contributed by atoms with Gasteiger partial charge in [-0.2, -0.15) is 18.3 Å². The van der Waals surface area contributed by atoms with Gasteiger partial charge >= 0.3 is 18.0 Å². The summed E-state index contributed by atoms with van der Waals surface area (Å²) in [5.74, 6) is -3.05. The summed E-state index contributed by atoms with van der Waals surface area (Å²) in [7, 11) is 1.71. The fourth-order valence-electron chi connectivity index (χ4n) is 2.58. The van der Waals surface area contributed by atoms with Crippen molar-refractivity contribution in [3.63, 3.8) is 0 Å². The smallest absolute Gasteiger partial charge is 0.383 e. The number of hydrogen-bond acceptors (Lipinski definition) is 5. The summed E-state index contributed by atoms with van der Waals surface area (Å²) in [5.41, 5.74) is 4.87. The highest BCUT2D eigenvalue weighted by Gasteiger charge is 2.31. The Labute approximate surface area is 172 Å². The Kier molecular flexibility index (Phi) is 7.10. The Bertz CT molecular complexity index is 1100. The summed E-state index contributed by atoms with van der Waals surface area (Å²) in [6, 6.07) is 1.95. The van der Waals surface area contributed by atoms with Gasteiger partial charge in [0.2, 0.25) is 0 Å². The van der Waals surface area contributed by atoms with Gasteiger partial charge in [-0.25, -0.2) is 9.37 Å². The van der Waals surface area contributed by atoms with Crippen molar-refractivity contribution in [2.75, 3.05) is 25.3 Å². The average molecular weight is 444 g/mol. The molecule has 3 rings (SSSR count). The molecule has 8 nitrogen and oxygen atoms in total. The number of carbonyl (C=O) groups is 2.